The van der Waals surface area contributed by atoms with Gasteiger partial charge in [-0.1, -0.05) is 18.2 Å². The molecule has 1 fully saturated rings. The van der Waals surface area contributed by atoms with Crippen molar-refractivity contribution < 1.29 is 9.90 Å². The highest BCUT2D eigenvalue weighted by atomic mass is 16.3. The van der Waals surface area contributed by atoms with Crippen LogP contribution >= 0.6 is 0 Å². The molecule has 2 amide bonds. The monoisotopic (exact) mass is 262 g/mol. The van der Waals surface area contributed by atoms with E-state index in [1.165, 1.54) is 0 Å². The van der Waals surface area contributed by atoms with Gasteiger partial charge in [0.15, 0.2) is 0 Å². The molecule has 4 heteroatoms. The molecule has 2 N–H and O–H groups in total. The summed E-state index contributed by atoms with van der Waals surface area (Å²) in [5, 5.41) is 12.1. The first kappa shape index (κ1) is 13.9. The minimum atomic E-state index is -0.0335. The average molecular weight is 262 g/mol. The Bertz CT molecular complexity index is 431. The smallest absolute Gasteiger partial charge is 0.321 e. The van der Waals surface area contributed by atoms with Gasteiger partial charge in [-0.15, -0.1) is 0 Å². The lowest BCUT2D eigenvalue weighted by Crippen LogP contribution is -2.41. The largest absolute Gasteiger partial charge is 0.396 e. The molecule has 1 aromatic carbocycles. The molecule has 1 aliphatic rings. The molecule has 0 unspecified atom stereocenters. The number of amides is 2. The van der Waals surface area contributed by atoms with Crippen LogP contribution in [0.25, 0.3) is 0 Å². The molecule has 0 aliphatic carbocycles. The SMILES string of the molecule is Cc1cccc(C)c1NC(=O)N1CCC(CO)CC1. The molecule has 1 aliphatic heterocycles. The molecule has 0 bridgehead atoms. The van der Waals surface area contributed by atoms with Gasteiger partial charge >= 0.3 is 6.03 Å². The maximum atomic E-state index is 12.2. The Kier molecular flexibility index (Phi) is 4.43. The first-order chi connectivity index (χ1) is 9.11. The summed E-state index contributed by atoms with van der Waals surface area (Å²) in [6.07, 6.45) is 1.77. The zero-order valence-electron chi connectivity index (χ0n) is 11.6. The third-order valence-corrected chi connectivity index (χ3v) is 3.87. The second-order valence-electron chi connectivity index (χ2n) is 5.31. The van der Waals surface area contributed by atoms with Gasteiger partial charge in [-0.05, 0) is 43.7 Å². The summed E-state index contributed by atoms with van der Waals surface area (Å²) in [5.41, 5.74) is 3.08. The number of aryl methyl sites for hydroxylation is 2. The number of carbonyl (C=O) groups excluding carboxylic acids is 1. The molecule has 0 saturated carbocycles. The lowest BCUT2D eigenvalue weighted by atomic mass is 9.98. The van der Waals surface area contributed by atoms with E-state index < -0.39 is 0 Å². The summed E-state index contributed by atoms with van der Waals surface area (Å²) < 4.78 is 0. The van der Waals surface area contributed by atoms with Gasteiger partial charge < -0.3 is 15.3 Å². The topological polar surface area (TPSA) is 52.6 Å². The van der Waals surface area contributed by atoms with Crippen molar-refractivity contribution in [1.29, 1.82) is 0 Å². The summed E-state index contributed by atoms with van der Waals surface area (Å²) in [6, 6.07) is 5.96. The number of para-hydroxylation sites is 1. The molecule has 2 rings (SSSR count). The third kappa shape index (κ3) is 3.26. The highest BCUT2D eigenvalue weighted by Gasteiger charge is 2.22. The predicted octanol–water partition coefficient (Wildman–Crippen LogP) is 2.54. The number of carbonyl (C=O) groups is 1. The number of rotatable bonds is 2. The lowest BCUT2D eigenvalue weighted by molar-refractivity contribution is 0.143. The summed E-state index contributed by atoms with van der Waals surface area (Å²) in [4.78, 5) is 14.1. The fourth-order valence-electron chi connectivity index (χ4n) is 2.52. The third-order valence-electron chi connectivity index (χ3n) is 3.87. The Morgan fingerprint density at radius 1 is 1.32 bits per heavy atom. The van der Waals surface area contributed by atoms with Gasteiger partial charge in [-0.2, -0.15) is 0 Å². The second kappa shape index (κ2) is 6.06. The van der Waals surface area contributed by atoms with Crippen LogP contribution in [-0.4, -0.2) is 35.7 Å². The van der Waals surface area contributed by atoms with E-state index in [1.807, 2.05) is 36.9 Å². The summed E-state index contributed by atoms with van der Waals surface area (Å²) in [7, 11) is 0. The molecule has 19 heavy (non-hydrogen) atoms. The van der Waals surface area contributed by atoms with Crippen molar-refractivity contribution in [2.75, 3.05) is 25.0 Å². The number of piperidine rings is 1. The van der Waals surface area contributed by atoms with Gasteiger partial charge in [-0.25, -0.2) is 4.79 Å². The van der Waals surface area contributed by atoms with E-state index >= 15 is 0 Å². The van der Waals surface area contributed by atoms with E-state index in [0.29, 0.717) is 5.92 Å². The van der Waals surface area contributed by atoms with Crippen LogP contribution in [0.5, 0.6) is 0 Å². The minimum absolute atomic E-state index is 0.0335. The zero-order chi connectivity index (χ0) is 13.8. The van der Waals surface area contributed by atoms with Crippen molar-refractivity contribution in [3.05, 3.63) is 29.3 Å². The van der Waals surface area contributed by atoms with Crippen molar-refractivity contribution in [2.45, 2.75) is 26.7 Å². The van der Waals surface area contributed by atoms with Gasteiger partial charge in [-0.3, -0.25) is 0 Å². The number of nitrogens with zero attached hydrogens (tertiary/aromatic N) is 1. The number of aliphatic hydroxyl groups excluding tert-OH is 1. The predicted molar refractivity (Wildman–Crippen MR) is 76.3 cm³/mol. The van der Waals surface area contributed by atoms with Gasteiger partial charge in [0.2, 0.25) is 0 Å². The van der Waals surface area contributed by atoms with Crippen LogP contribution in [0, 0.1) is 19.8 Å². The van der Waals surface area contributed by atoms with Gasteiger partial charge in [0.05, 0.1) is 0 Å². The van der Waals surface area contributed by atoms with E-state index in [4.69, 9.17) is 5.11 Å². The van der Waals surface area contributed by atoms with Crippen molar-refractivity contribution in [3.63, 3.8) is 0 Å². The zero-order valence-corrected chi connectivity index (χ0v) is 11.6. The normalized spacial score (nSPS) is 16.5. The molecule has 0 aromatic heterocycles. The number of hydrogen-bond donors (Lipinski definition) is 2. The van der Waals surface area contributed by atoms with Crippen molar-refractivity contribution in [2.24, 2.45) is 5.92 Å². The van der Waals surface area contributed by atoms with Crippen LogP contribution in [0.2, 0.25) is 0 Å². The minimum Gasteiger partial charge on any atom is -0.396 e. The number of benzene rings is 1. The molecular formula is C15H22N2O2. The number of likely N-dealkylation sites (tertiary alicyclic amines) is 1. The van der Waals surface area contributed by atoms with E-state index in [2.05, 4.69) is 5.32 Å². The van der Waals surface area contributed by atoms with E-state index in [-0.39, 0.29) is 12.6 Å². The van der Waals surface area contributed by atoms with Crippen molar-refractivity contribution >= 4 is 11.7 Å². The Hall–Kier alpha value is -1.55. The van der Waals surface area contributed by atoms with E-state index in [1.54, 1.807) is 0 Å². The molecule has 1 saturated heterocycles. The molecule has 1 aromatic rings. The number of nitrogens with one attached hydrogen (secondary N) is 1. The molecular weight excluding hydrogens is 240 g/mol. The van der Waals surface area contributed by atoms with E-state index in [0.717, 1.165) is 42.7 Å². The molecule has 1 heterocycles. The van der Waals surface area contributed by atoms with Crippen LogP contribution in [0.15, 0.2) is 18.2 Å². The average Bonchev–Trinajstić information content (AvgIpc) is 2.43. The van der Waals surface area contributed by atoms with Gasteiger partial charge in [0.1, 0.15) is 0 Å². The Morgan fingerprint density at radius 3 is 2.42 bits per heavy atom. The first-order valence-corrected chi connectivity index (χ1v) is 6.85. The molecule has 0 radical (unpaired) electrons. The van der Waals surface area contributed by atoms with Crippen LogP contribution in [0.4, 0.5) is 10.5 Å². The van der Waals surface area contributed by atoms with Crippen LogP contribution < -0.4 is 5.32 Å². The molecule has 4 nitrogen and oxygen atoms in total. The summed E-state index contributed by atoms with van der Waals surface area (Å²) in [6.45, 7) is 5.68. The Labute approximate surface area is 114 Å². The molecule has 104 valence electrons. The molecule has 0 spiro atoms. The Morgan fingerprint density at radius 2 is 1.89 bits per heavy atom. The van der Waals surface area contributed by atoms with Crippen molar-refractivity contribution in [1.82, 2.24) is 4.90 Å². The number of anilines is 1. The summed E-state index contributed by atoms with van der Waals surface area (Å²) in [5.74, 6) is 0.351. The quantitative estimate of drug-likeness (QED) is 0.860. The van der Waals surface area contributed by atoms with Crippen LogP contribution in [0.1, 0.15) is 24.0 Å². The fraction of sp³-hybridized carbons (Fsp3) is 0.533. The standard InChI is InChI=1S/C15H22N2O2/c1-11-4-3-5-12(2)14(11)16-15(19)17-8-6-13(10-18)7-9-17/h3-5,13,18H,6-10H2,1-2H3,(H,16,19). The highest BCUT2D eigenvalue weighted by molar-refractivity contribution is 5.91. The van der Waals surface area contributed by atoms with E-state index in [9.17, 15) is 4.79 Å². The number of hydrogen-bond acceptors (Lipinski definition) is 2. The summed E-state index contributed by atoms with van der Waals surface area (Å²) >= 11 is 0. The fourth-order valence-corrected chi connectivity index (χ4v) is 2.52. The van der Waals surface area contributed by atoms with Crippen LogP contribution in [-0.2, 0) is 0 Å². The maximum absolute atomic E-state index is 12.2. The lowest BCUT2D eigenvalue weighted by Gasteiger charge is -2.31. The second-order valence-corrected chi connectivity index (χ2v) is 5.31. The number of aliphatic hydroxyl groups is 1. The Balaban J connectivity index is 1.98. The van der Waals surface area contributed by atoms with Gasteiger partial charge in [0, 0.05) is 25.4 Å². The molecule has 0 atom stereocenters. The first-order valence-electron chi connectivity index (χ1n) is 6.85. The maximum Gasteiger partial charge on any atom is 0.321 e. The number of urea groups is 1. The van der Waals surface area contributed by atoms with Crippen molar-refractivity contribution in [3.8, 4) is 0 Å². The van der Waals surface area contributed by atoms with Crippen LogP contribution in [0.3, 0.4) is 0 Å². The highest BCUT2D eigenvalue weighted by Crippen LogP contribution is 2.21. The van der Waals surface area contributed by atoms with Gasteiger partial charge in [0.25, 0.3) is 0 Å².